The first-order valence-electron chi connectivity index (χ1n) is 4.43. The standard InChI is InChI=1S/C8H17NO5S/c1-6(14-4)5-15(12,13)9(3)7(2)8(10)11/h6-7H,5H2,1-4H3,(H,10,11). The first-order chi connectivity index (χ1) is 6.72. The Morgan fingerprint density at radius 1 is 1.47 bits per heavy atom. The normalized spacial score (nSPS) is 16.3. The number of carboxylic acids is 1. The summed E-state index contributed by atoms with van der Waals surface area (Å²) >= 11 is 0. The van der Waals surface area contributed by atoms with Crippen LogP contribution in [-0.4, -0.2) is 55.9 Å². The molecule has 0 rings (SSSR count). The second-order valence-electron chi connectivity index (χ2n) is 3.36. The zero-order valence-corrected chi connectivity index (χ0v) is 10.1. The lowest BCUT2D eigenvalue weighted by molar-refractivity contribution is -0.140. The van der Waals surface area contributed by atoms with E-state index in [1.807, 2.05) is 0 Å². The molecule has 0 heterocycles. The summed E-state index contributed by atoms with van der Waals surface area (Å²) < 4.78 is 28.9. The van der Waals surface area contributed by atoms with Crippen molar-refractivity contribution in [3.8, 4) is 0 Å². The van der Waals surface area contributed by atoms with Gasteiger partial charge in [0.1, 0.15) is 6.04 Å². The van der Waals surface area contributed by atoms with Gasteiger partial charge in [-0.2, -0.15) is 4.31 Å². The van der Waals surface area contributed by atoms with Crippen molar-refractivity contribution in [3.05, 3.63) is 0 Å². The van der Waals surface area contributed by atoms with Crippen molar-refractivity contribution in [1.82, 2.24) is 4.31 Å². The van der Waals surface area contributed by atoms with Crippen LogP contribution >= 0.6 is 0 Å². The number of hydrogen-bond acceptors (Lipinski definition) is 4. The summed E-state index contributed by atoms with van der Waals surface area (Å²) in [6.07, 6.45) is -0.460. The third-order valence-corrected chi connectivity index (χ3v) is 4.27. The topological polar surface area (TPSA) is 83.9 Å². The van der Waals surface area contributed by atoms with Crippen molar-refractivity contribution in [2.24, 2.45) is 0 Å². The SMILES string of the molecule is COC(C)CS(=O)(=O)N(C)C(C)C(=O)O. The van der Waals surface area contributed by atoms with Crippen LogP contribution in [0.4, 0.5) is 0 Å². The third-order valence-electron chi connectivity index (χ3n) is 2.19. The summed E-state index contributed by atoms with van der Waals surface area (Å²) in [7, 11) is -0.938. The number of nitrogens with zero attached hydrogens (tertiary/aromatic N) is 1. The Bertz CT molecular complexity index is 313. The molecule has 0 aromatic heterocycles. The van der Waals surface area contributed by atoms with Crippen molar-refractivity contribution in [2.75, 3.05) is 19.9 Å². The fourth-order valence-corrected chi connectivity index (χ4v) is 2.42. The Balaban J connectivity index is 4.66. The number of aliphatic carboxylic acids is 1. The highest BCUT2D eigenvalue weighted by atomic mass is 32.2. The van der Waals surface area contributed by atoms with Gasteiger partial charge in [-0.05, 0) is 13.8 Å². The van der Waals surface area contributed by atoms with Crippen molar-refractivity contribution in [3.63, 3.8) is 0 Å². The minimum atomic E-state index is -3.59. The summed E-state index contributed by atoms with van der Waals surface area (Å²) in [5.74, 6) is -1.40. The van der Waals surface area contributed by atoms with Gasteiger partial charge in [0, 0.05) is 14.2 Å². The van der Waals surface area contributed by atoms with Gasteiger partial charge in [-0.3, -0.25) is 4.79 Å². The van der Waals surface area contributed by atoms with Crippen LogP contribution in [0.15, 0.2) is 0 Å². The molecule has 6 nitrogen and oxygen atoms in total. The van der Waals surface area contributed by atoms with Gasteiger partial charge in [-0.25, -0.2) is 8.42 Å². The molecule has 0 saturated heterocycles. The molecule has 2 atom stereocenters. The highest BCUT2D eigenvalue weighted by Gasteiger charge is 2.29. The van der Waals surface area contributed by atoms with Crippen molar-refractivity contribution in [1.29, 1.82) is 0 Å². The second-order valence-corrected chi connectivity index (χ2v) is 5.43. The highest BCUT2D eigenvalue weighted by molar-refractivity contribution is 7.89. The van der Waals surface area contributed by atoms with E-state index in [4.69, 9.17) is 9.84 Å². The average molecular weight is 239 g/mol. The lowest BCUT2D eigenvalue weighted by Crippen LogP contribution is -2.43. The van der Waals surface area contributed by atoms with E-state index in [-0.39, 0.29) is 5.75 Å². The van der Waals surface area contributed by atoms with Crippen molar-refractivity contribution < 1.29 is 23.1 Å². The molecule has 0 saturated carbocycles. The lowest BCUT2D eigenvalue weighted by atomic mass is 10.4. The van der Waals surface area contributed by atoms with Gasteiger partial charge in [0.25, 0.3) is 0 Å². The maximum atomic E-state index is 11.6. The minimum absolute atomic E-state index is 0.225. The lowest BCUT2D eigenvalue weighted by Gasteiger charge is -2.22. The van der Waals surface area contributed by atoms with Crippen LogP contribution < -0.4 is 0 Å². The van der Waals surface area contributed by atoms with Crippen LogP contribution in [0.25, 0.3) is 0 Å². The quantitative estimate of drug-likeness (QED) is 0.691. The maximum absolute atomic E-state index is 11.6. The molecule has 0 aromatic carbocycles. The van der Waals surface area contributed by atoms with E-state index in [1.54, 1.807) is 6.92 Å². The molecule has 0 aliphatic heterocycles. The van der Waals surface area contributed by atoms with Crippen molar-refractivity contribution in [2.45, 2.75) is 26.0 Å². The Morgan fingerprint density at radius 3 is 2.27 bits per heavy atom. The molecule has 7 heteroatoms. The fraction of sp³-hybridized carbons (Fsp3) is 0.875. The van der Waals surface area contributed by atoms with Crippen LogP contribution in [0, 0.1) is 0 Å². The summed E-state index contributed by atoms with van der Waals surface area (Å²) in [5.41, 5.74) is 0. The molecular formula is C8H17NO5S. The molecule has 0 fully saturated rings. The summed E-state index contributed by atoms with van der Waals surface area (Å²) in [4.78, 5) is 10.6. The first kappa shape index (κ1) is 14.3. The van der Waals surface area contributed by atoms with Gasteiger partial charge >= 0.3 is 5.97 Å². The van der Waals surface area contributed by atoms with Gasteiger partial charge in [0.05, 0.1) is 11.9 Å². The van der Waals surface area contributed by atoms with Gasteiger partial charge in [-0.15, -0.1) is 0 Å². The van der Waals surface area contributed by atoms with Gasteiger partial charge in [0.2, 0.25) is 10.0 Å². The number of carboxylic acid groups (broad SMARTS) is 1. The highest BCUT2D eigenvalue weighted by Crippen LogP contribution is 2.07. The Labute approximate surface area is 89.9 Å². The molecule has 0 aromatic rings. The Morgan fingerprint density at radius 2 is 1.93 bits per heavy atom. The number of sulfonamides is 1. The number of carbonyl (C=O) groups is 1. The summed E-state index contributed by atoms with van der Waals surface area (Å²) in [5, 5.41) is 8.67. The summed E-state index contributed by atoms with van der Waals surface area (Å²) in [6.45, 7) is 2.92. The second kappa shape index (κ2) is 5.43. The van der Waals surface area contributed by atoms with Crippen molar-refractivity contribution >= 4 is 16.0 Å². The molecule has 2 unspecified atom stereocenters. The van der Waals surface area contributed by atoms with Gasteiger partial charge in [-0.1, -0.05) is 0 Å². The van der Waals surface area contributed by atoms with E-state index in [0.29, 0.717) is 0 Å². The molecule has 90 valence electrons. The van der Waals surface area contributed by atoms with Crippen LogP contribution in [-0.2, 0) is 19.6 Å². The number of likely N-dealkylation sites (N-methyl/N-ethyl adjacent to an activating group) is 1. The maximum Gasteiger partial charge on any atom is 0.321 e. The van der Waals surface area contributed by atoms with E-state index in [9.17, 15) is 13.2 Å². The number of rotatable bonds is 6. The van der Waals surface area contributed by atoms with E-state index in [0.717, 1.165) is 4.31 Å². The Kier molecular flexibility index (Phi) is 5.19. The molecule has 0 radical (unpaired) electrons. The molecule has 0 bridgehead atoms. The summed E-state index contributed by atoms with van der Waals surface area (Å²) in [6, 6.07) is -1.07. The van der Waals surface area contributed by atoms with Crippen LogP contribution in [0.2, 0.25) is 0 Å². The molecule has 0 spiro atoms. The van der Waals surface area contributed by atoms with Crippen LogP contribution in [0.3, 0.4) is 0 Å². The molecule has 0 amide bonds. The Hall–Kier alpha value is -0.660. The van der Waals surface area contributed by atoms with E-state index >= 15 is 0 Å². The largest absolute Gasteiger partial charge is 0.480 e. The smallest absolute Gasteiger partial charge is 0.321 e. The number of ether oxygens (including phenoxy) is 1. The molecule has 1 N–H and O–H groups in total. The van der Waals surface area contributed by atoms with Gasteiger partial charge in [0.15, 0.2) is 0 Å². The monoisotopic (exact) mass is 239 g/mol. The van der Waals surface area contributed by atoms with E-state index in [2.05, 4.69) is 0 Å². The minimum Gasteiger partial charge on any atom is -0.480 e. The fourth-order valence-electron chi connectivity index (χ4n) is 0.879. The predicted octanol–water partition coefficient (Wildman–Crippen LogP) is -0.244. The average Bonchev–Trinajstić information content (AvgIpc) is 2.14. The first-order valence-corrected chi connectivity index (χ1v) is 6.04. The zero-order valence-electron chi connectivity index (χ0n) is 9.30. The molecular weight excluding hydrogens is 222 g/mol. The zero-order chi connectivity index (χ0) is 12.2. The van der Waals surface area contributed by atoms with Crippen LogP contribution in [0.5, 0.6) is 0 Å². The third kappa shape index (κ3) is 4.15. The van der Waals surface area contributed by atoms with E-state index < -0.39 is 28.1 Å². The van der Waals surface area contributed by atoms with Gasteiger partial charge < -0.3 is 9.84 Å². The van der Waals surface area contributed by atoms with E-state index in [1.165, 1.54) is 21.1 Å². The number of methoxy groups -OCH3 is 1. The molecule has 0 aliphatic carbocycles. The predicted molar refractivity (Wildman–Crippen MR) is 55.1 cm³/mol. The molecule has 0 aliphatic rings. The number of hydrogen-bond donors (Lipinski definition) is 1. The van der Waals surface area contributed by atoms with Crippen LogP contribution in [0.1, 0.15) is 13.8 Å². The molecule has 15 heavy (non-hydrogen) atoms.